The molecule has 3 aromatic rings. The Bertz CT molecular complexity index is 1040. The number of hydrogen-bond acceptors (Lipinski definition) is 5. The predicted octanol–water partition coefficient (Wildman–Crippen LogP) is 4.00. The molecule has 0 saturated carbocycles. The molecule has 1 heterocycles. The second-order valence-corrected chi connectivity index (χ2v) is 6.22. The Morgan fingerprint density at radius 1 is 1.20 bits per heavy atom. The molecule has 128 valence electrons. The van der Waals surface area contributed by atoms with E-state index in [0.29, 0.717) is 16.2 Å². The summed E-state index contributed by atoms with van der Waals surface area (Å²) in [6, 6.07) is 9.66. The first-order valence-electron chi connectivity index (χ1n) is 7.62. The average Bonchev–Trinajstić information content (AvgIpc) is 2.56. The van der Waals surface area contributed by atoms with E-state index in [2.05, 4.69) is 0 Å². The van der Waals surface area contributed by atoms with Crippen LogP contribution in [0, 0.1) is 13.8 Å². The zero-order chi connectivity index (χ0) is 18.1. The van der Waals surface area contributed by atoms with E-state index in [4.69, 9.17) is 26.5 Å². The van der Waals surface area contributed by atoms with Gasteiger partial charge in [0.25, 0.3) is 0 Å². The Hall–Kier alpha value is -2.79. The van der Waals surface area contributed by atoms with Gasteiger partial charge < -0.3 is 14.9 Å². The molecule has 0 spiro atoms. The van der Waals surface area contributed by atoms with Crippen molar-refractivity contribution in [3.8, 4) is 0 Å². The van der Waals surface area contributed by atoms with Crippen LogP contribution in [-0.4, -0.2) is 5.97 Å². The number of hydrogen-bond donors (Lipinski definition) is 1. The van der Waals surface area contributed by atoms with Crippen LogP contribution in [0.2, 0.25) is 5.02 Å². The lowest BCUT2D eigenvalue weighted by Gasteiger charge is -2.10. The number of benzene rings is 2. The third kappa shape index (κ3) is 3.37. The number of halogens is 1. The van der Waals surface area contributed by atoms with Crippen LogP contribution < -0.4 is 11.4 Å². The minimum atomic E-state index is -0.584. The first-order valence-corrected chi connectivity index (χ1v) is 7.99. The highest BCUT2D eigenvalue weighted by molar-refractivity contribution is 6.31. The largest absolute Gasteiger partial charge is 0.457 e. The highest BCUT2D eigenvalue weighted by atomic mass is 35.5. The van der Waals surface area contributed by atoms with Crippen LogP contribution in [0.25, 0.3) is 11.0 Å². The summed E-state index contributed by atoms with van der Waals surface area (Å²) in [5.41, 5.74) is 8.74. The van der Waals surface area contributed by atoms with Gasteiger partial charge in [-0.3, -0.25) is 0 Å². The lowest BCUT2D eigenvalue weighted by atomic mass is 10.0. The fourth-order valence-electron chi connectivity index (χ4n) is 2.58. The summed E-state index contributed by atoms with van der Waals surface area (Å²) in [5.74, 6) is -0.584. The van der Waals surface area contributed by atoms with Gasteiger partial charge in [-0.1, -0.05) is 23.7 Å². The molecule has 0 aliphatic heterocycles. The molecule has 2 N–H and O–H groups in total. The highest BCUT2D eigenvalue weighted by Crippen LogP contribution is 2.24. The number of esters is 1. The lowest BCUT2D eigenvalue weighted by Crippen LogP contribution is -2.10. The molecule has 0 amide bonds. The fraction of sp³-hybridized carbons (Fsp3) is 0.158. The van der Waals surface area contributed by atoms with Crippen LogP contribution in [0.15, 0.2) is 45.6 Å². The first kappa shape index (κ1) is 17.0. The van der Waals surface area contributed by atoms with Crippen molar-refractivity contribution in [1.82, 2.24) is 0 Å². The third-order valence-electron chi connectivity index (χ3n) is 4.11. The summed E-state index contributed by atoms with van der Waals surface area (Å²) in [6.45, 7) is 3.75. The Labute approximate surface area is 149 Å². The lowest BCUT2D eigenvalue weighted by molar-refractivity contribution is 0.0475. The molecule has 0 aliphatic rings. The van der Waals surface area contributed by atoms with Gasteiger partial charge in [-0.25, -0.2) is 9.59 Å². The standard InChI is InChI=1S/C19H16ClNO4/c1-10-3-5-14-12(7-17(22)25-18(14)11(10)2)9-24-19(23)15-6-4-13(20)8-16(15)21/h3-8H,9,21H2,1-2H3. The van der Waals surface area contributed by atoms with E-state index in [1.54, 1.807) is 6.07 Å². The average molecular weight is 358 g/mol. The van der Waals surface area contributed by atoms with Gasteiger partial charge in [0.15, 0.2) is 0 Å². The molecule has 0 unspecified atom stereocenters. The van der Waals surface area contributed by atoms with Gasteiger partial charge in [0.1, 0.15) is 12.2 Å². The number of fused-ring (bicyclic) bond motifs is 1. The van der Waals surface area contributed by atoms with Gasteiger partial charge in [0.2, 0.25) is 0 Å². The second-order valence-electron chi connectivity index (χ2n) is 5.78. The van der Waals surface area contributed by atoms with Crippen molar-refractivity contribution in [2.75, 3.05) is 5.73 Å². The van der Waals surface area contributed by atoms with Gasteiger partial charge in [0.05, 0.1) is 5.56 Å². The van der Waals surface area contributed by atoms with Crippen molar-refractivity contribution < 1.29 is 13.9 Å². The maximum absolute atomic E-state index is 12.2. The van der Waals surface area contributed by atoms with E-state index in [-0.39, 0.29) is 17.9 Å². The van der Waals surface area contributed by atoms with Crippen LogP contribution in [0.3, 0.4) is 0 Å². The van der Waals surface area contributed by atoms with Gasteiger partial charge in [-0.2, -0.15) is 0 Å². The zero-order valence-electron chi connectivity index (χ0n) is 13.8. The number of nitrogen functional groups attached to an aromatic ring is 1. The van der Waals surface area contributed by atoms with Gasteiger partial charge in [-0.15, -0.1) is 0 Å². The summed E-state index contributed by atoms with van der Waals surface area (Å²) < 4.78 is 10.6. The third-order valence-corrected chi connectivity index (χ3v) is 4.34. The van der Waals surface area contributed by atoms with Crippen LogP contribution in [0.4, 0.5) is 5.69 Å². The number of carbonyl (C=O) groups excluding carboxylic acids is 1. The molecule has 6 heteroatoms. The Morgan fingerprint density at radius 3 is 2.68 bits per heavy atom. The molecule has 0 saturated heterocycles. The smallest absolute Gasteiger partial charge is 0.340 e. The molecule has 0 radical (unpaired) electrons. The van der Waals surface area contributed by atoms with Crippen LogP contribution in [-0.2, 0) is 11.3 Å². The fourth-order valence-corrected chi connectivity index (χ4v) is 2.77. The van der Waals surface area contributed by atoms with Gasteiger partial charge in [-0.05, 0) is 43.2 Å². The topological polar surface area (TPSA) is 82.5 Å². The molecule has 0 atom stereocenters. The molecule has 0 fully saturated rings. The normalized spacial score (nSPS) is 10.8. The molecule has 5 nitrogen and oxygen atoms in total. The number of anilines is 1. The van der Waals surface area contributed by atoms with Crippen molar-refractivity contribution in [3.63, 3.8) is 0 Å². The number of rotatable bonds is 3. The summed E-state index contributed by atoms with van der Waals surface area (Å²) in [7, 11) is 0. The van der Waals surface area contributed by atoms with Crippen molar-refractivity contribution in [3.05, 3.63) is 74.1 Å². The number of nitrogens with two attached hydrogens (primary N) is 1. The van der Waals surface area contributed by atoms with E-state index < -0.39 is 11.6 Å². The van der Waals surface area contributed by atoms with Crippen molar-refractivity contribution >= 4 is 34.2 Å². The van der Waals surface area contributed by atoms with E-state index in [1.807, 2.05) is 26.0 Å². The van der Waals surface area contributed by atoms with Crippen molar-refractivity contribution in [2.24, 2.45) is 0 Å². The monoisotopic (exact) mass is 357 g/mol. The Morgan fingerprint density at radius 2 is 1.96 bits per heavy atom. The van der Waals surface area contributed by atoms with Crippen molar-refractivity contribution in [1.29, 1.82) is 0 Å². The van der Waals surface area contributed by atoms with Gasteiger partial charge >= 0.3 is 11.6 Å². The van der Waals surface area contributed by atoms with E-state index in [9.17, 15) is 9.59 Å². The number of aryl methyl sites for hydroxylation is 2. The summed E-state index contributed by atoms with van der Waals surface area (Å²) in [5, 5.41) is 1.17. The molecular weight excluding hydrogens is 342 g/mol. The van der Waals surface area contributed by atoms with Crippen LogP contribution in [0.5, 0.6) is 0 Å². The van der Waals surface area contributed by atoms with Crippen LogP contribution in [0.1, 0.15) is 27.0 Å². The maximum atomic E-state index is 12.2. The quantitative estimate of drug-likeness (QED) is 0.435. The summed E-state index contributed by atoms with van der Waals surface area (Å²) in [6.07, 6.45) is 0. The molecule has 1 aromatic heterocycles. The SMILES string of the molecule is Cc1ccc2c(COC(=O)c3ccc(Cl)cc3N)cc(=O)oc2c1C. The maximum Gasteiger partial charge on any atom is 0.340 e. The molecular formula is C19H16ClNO4. The number of carbonyl (C=O) groups is 1. The Balaban J connectivity index is 1.92. The second kappa shape index (κ2) is 6.61. The van der Waals surface area contributed by atoms with Gasteiger partial charge in [0, 0.05) is 27.7 Å². The summed E-state index contributed by atoms with van der Waals surface area (Å²) >= 11 is 5.83. The minimum Gasteiger partial charge on any atom is -0.457 e. The highest BCUT2D eigenvalue weighted by Gasteiger charge is 2.14. The van der Waals surface area contributed by atoms with E-state index in [1.165, 1.54) is 18.2 Å². The molecule has 3 rings (SSSR count). The molecule has 0 aliphatic carbocycles. The van der Waals surface area contributed by atoms with E-state index >= 15 is 0 Å². The molecule has 0 bridgehead atoms. The minimum absolute atomic E-state index is 0.0640. The first-order chi connectivity index (χ1) is 11.9. The number of ether oxygens (including phenoxy) is 1. The van der Waals surface area contributed by atoms with Crippen LogP contribution >= 0.6 is 11.6 Å². The Kier molecular flexibility index (Phi) is 4.51. The predicted molar refractivity (Wildman–Crippen MR) is 96.9 cm³/mol. The van der Waals surface area contributed by atoms with E-state index in [0.717, 1.165) is 16.5 Å². The van der Waals surface area contributed by atoms with Crippen molar-refractivity contribution in [2.45, 2.75) is 20.5 Å². The zero-order valence-corrected chi connectivity index (χ0v) is 14.5. The molecule has 25 heavy (non-hydrogen) atoms. The summed E-state index contributed by atoms with van der Waals surface area (Å²) in [4.78, 5) is 24.1. The molecule has 2 aromatic carbocycles.